The third-order valence-corrected chi connectivity index (χ3v) is 4.15. The van der Waals surface area contributed by atoms with Crippen molar-refractivity contribution in [3.63, 3.8) is 0 Å². The number of hydrogen-bond donors (Lipinski definition) is 1. The molecule has 0 aliphatic carbocycles. The molecule has 1 N–H and O–H groups in total. The zero-order valence-electron chi connectivity index (χ0n) is 15.6. The smallest absolute Gasteiger partial charge is 0.350 e. The van der Waals surface area contributed by atoms with E-state index in [1.807, 2.05) is 19.9 Å². The molecule has 3 rings (SSSR count). The number of rotatable bonds is 9. The van der Waals surface area contributed by atoms with Crippen LogP contribution in [0, 0.1) is 0 Å². The molecule has 0 saturated heterocycles. The average Bonchev–Trinajstić information content (AvgIpc) is 3.24. The minimum Gasteiger partial charge on any atom is -0.356 e. The summed E-state index contributed by atoms with van der Waals surface area (Å²) in [4.78, 5) is 28.3. The summed E-state index contributed by atoms with van der Waals surface area (Å²) in [7, 11) is 0. The number of hydrogen-bond acceptors (Lipinski definition) is 6. The molecule has 0 fully saturated rings. The van der Waals surface area contributed by atoms with Crippen molar-refractivity contribution in [1.82, 2.24) is 29.6 Å². The number of amides is 1. The Labute approximate surface area is 156 Å². The largest absolute Gasteiger partial charge is 0.356 e. The van der Waals surface area contributed by atoms with Crippen molar-refractivity contribution in [3.05, 3.63) is 46.6 Å². The fraction of sp³-hybridized carbons (Fsp3) is 0.500. The highest BCUT2D eigenvalue weighted by Crippen LogP contribution is 2.11. The Morgan fingerprint density at radius 3 is 2.89 bits per heavy atom. The lowest BCUT2D eigenvalue weighted by Crippen LogP contribution is -2.27. The lowest BCUT2D eigenvalue weighted by molar-refractivity contribution is -0.121. The number of aromatic nitrogens is 5. The van der Waals surface area contributed by atoms with Gasteiger partial charge in [0, 0.05) is 38.0 Å². The quantitative estimate of drug-likeness (QED) is 0.571. The second-order valence-electron chi connectivity index (χ2n) is 6.69. The van der Waals surface area contributed by atoms with Crippen LogP contribution < -0.4 is 11.0 Å². The van der Waals surface area contributed by atoms with Crippen LogP contribution in [0.1, 0.15) is 50.7 Å². The third-order valence-electron chi connectivity index (χ3n) is 4.15. The molecule has 0 bridgehead atoms. The Morgan fingerprint density at radius 2 is 2.15 bits per heavy atom. The molecule has 9 nitrogen and oxygen atoms in total. The first kappa shape index (κ1) is 18.8. The summed E-state index contributed by atoms with van der Waals surface area (Å²) >= 11 is 0. The first-order chi connectivity index (χ1) is 13.0. The minimum absolute atomic E-state index is 0.0269. The van der Waals surface area contributed by atoms with E-state index in [9.17, 15) is 9.59 Å². The maximum absolute atomic E-state index is 12.1. The van der Waals surface area contributed by atoms with Gasteiger partial charge in [0.05, 0.1) is 0 Å². The van der Waals surface area contributed by atoms with Crippen LogP contribution in [0.2, 0.25) is 0 Å². The minimum atomic E-state index is -0.169. The van der Waals surface area contributed by atoms with Crippen LogP contribution in [-0.4, -0.2) is 36.8 Å². The van der Waals surface area contributed by atoms with Crippen molar-refractivity contribution in [2.45, 2.75) is 52.0 Å². The molecular formula is C18H24N6O3. The highest BCUT2D eigenvalue weighted by atomic mass is 16.5. The van der Waals surface area contributed by atoms with Gasteiger partial charge in [0.1, 0.15) is 0 Å². The van der Waals surface area contributed by atoms with Gasteiger partial charge in [-0.15, -0.1) is 5.10 Å². The van der Waals surface area contributed by atoms with Gasteiger partial charge in [0.15, 0.2) is 11.5 Å². The maximum Gasteiger partial charge on any atom is 0.350 e. The monoisotopic (exact) mass is 372 g/mol. The molecule has 0 spiro atoms. The highest BCUT2D eigenvalue weighted by molar-refractivity contribution is 5.75. The molecule has 3 heterocycles. The summed E-state index contributed by atoms with van der Waals surface area (Å²) in [6.45, 7) is 4.96. The fourth-order valence-corrected chi connectivity index (χ4v) is 2.66. The van der Waals surface area contributed by atoms with Crippen LogP contribution in [0.5, 0.6) is 0 Å². The molecule has 9 heteroatoms. The number of nitrogens with one attached hydrogen (secondary N) is 1. The van der Waals surface area contributed by atoms with E-state index in [-0.39, 0.29) is 17.5 Å². The van der Waals surface area contributed by atoms with E-state index in [1.54, 1.807) is 18.3 Å². The van der Waals surface area contributed by atoms with Gasteiger partial charge in [0.25, 0.3) is 0 Å². The topological polar surface area (TPSA) is 107 Å². The number of carbonyl (C=O) groups is 1. The zero-order chi connectivity index (χ0) is 19.2. The standard InChI is InChI=1S/C18H24N6O3/c1-13(2)17-20-16(27-22-17)9-5-8-15(25)19-10-6-12-24-18(26)23-11-4-3-7-14(23)21-24/h3-4,7,11,13H,5-6,8-10,12H2,1-2H3,(H,19,25). The van der Waals surface area contributed by atoms with E-state index in [4.69, 9.17) is 4.52 Å². The predicted octanol–water partition coefficient (Wildman–Crippen LogP) is 1.53. The van der Waals surface area contributed by atoms with E-state index < -0.39 is 0 Å². The van der Waals surface area contributed by atoms with Crippen LogP contribution in [0.3, 0.4) is 0 Å². The summed E-state index contributed by atoms with van der Waals surface area (Å²) in [5.74, 6) is 1.46. The summed E-state index contributed by atoms with van der Waals surface area (Å²) in [5.41, 5.74) is 0.449. The molecule has 144 valence electrons. The van der Waals surface area contributed by atoms with E-state index in [1.165, 1.54) is 9.08 Å². The Bertz CT molecular complexity index is 955. The van der Waals surface area contributed by atoms with Crippen molar-refractivity contribution in [3.8, 4) is 0 Å². The van der Waals surface area contributed by atoms with Crippen molar-refractivity contribution >= 4 is 11.6 Å². The summed E-state index contributed by atoms with van der Waals surface area (Å²) in [6, 6.07) is 5.41. The van der Waals surface area contributed by atoms with Crippen molar-refractivity contribution in [1.29, 1.82) is 0 Å². The third kappa shape index (κ3) is 4.81. The van der Waals surface area contributed by atoms with Gasteiger partial charge in [-0.2, -0.15) is 4.98 Å². The van der Waals surface area contributed by atoms with E-state index in [0.29, 0.717) is 56.1 Å². The Morgan fingerprint density at radius 1 is 1.30 bits per heavy atom. The van der Waals surface area contributed by atoms with Crippen molar-refractivity contribution < 1.29 is 9.32 Å². The van der Waals surface area contributed by atoms with Gasteiger partial charge in [-0.25, -0.2) is 9.48 Å². The highest BCUT2D eigenvalue weighted by Gasteiger charge is 2.10. The summed E-state index contributed by atoms with van der Waals surface area (Å²) in [6.07, 6.45) is 3.96. The van der Waals surface area contributed by atoms with Gasteiger partial charge in [0.2, 0.25) is 11.8 Å². The number of carbonyl (C=O) groups excluding carboxylic acids is 1. The van der Waals surface area contributed by atoms with E-state index >= 15 is 0 Å². The second kappa shape index (κ2) is 8.61. The average molecular weight is 372 g/mol. The number of fused-ring (bicyclic) bond motifs is 1. The van der Waals surface area contributed by atoms with E-state index in [2.05, 4.69) is 20.6 Å². The fourth-order valence-electron chi connectivity index (χ4n) is 2.66. The molecule has 1 amide bonds. The van der Waals surface area contributed by atoms with Crippen LogP contribution in [0.25, 0.3) is 5.65 Å². The molecule has 0 aliphatic heterocycles. The Balaban J connectivity index is 1.35. The van der Waals surface area contributed by atoms with Gasteiger partial charge in [-0.3, -0.25) is 9.20 Å². The molecule has 0 atom stereocenters. The van der Waals surface area contributed by atoms with E-state index in [0.717, 1.165) is 0 Å². The van der Waals surface area contributed by atoms with Gasteiger partial charge < -0.3 is 9.84 Å². The zero-order valence-corrected chi connectivity index (χ0v) is 15.6. The SMILES string of the molecule is CC(C)c1noc(CCCC(=O)NCCCn2nc3ccccn3c2=O)n1. The van der Waals surface area contributed by atoms with Crippen molar-refractivity contribution in [2.24, 2.45) is 0 Å². The Hall–Kier alpha value is -2.97. The molecule has 27 heavy (non-hydrogen) atoms. The van der Waals surface area contributed by atoms with Gasteiger partial charge in [-0.1, -0.05) is 25.1 Å². The molecular weight excluding hydrogens is 348 g/mol. The molecule has 3 aromatic heterocycles. The van der Waals surface area contributed by atoms with Gasteiger partial charge >= 0.3 is 5.69 Å². The molecule has 3 aromatic rings. The van der Waals surface area contributed by atoms with Crippen LogP contribution >= 0.6 is 0 Å². The second-order valence-corrected chi connectivity index (χ2v) is 6.69. The Kier molecular flexibility index (Phi) is 6.00. The lowest BCUT2D eigenvalue weighted by Gasteiger charge is -2.04. The molecule has 0 saturated carbocycles. The lowest BCUT2D eigenvalue weighted by atomic mass is 10.2. The number of nitrogens with zero attached hydrogens (tertiary/aromatic N) is 5. The predicted molar refractivity (Wildman–Crippen MR) is 98.4 cm³/mol. The maximum atomic E-state index is 12.1. The van der Waals surface area contributed by atoms with Crippen LogP contribution in [-0.2, 0) is 17.8 Å². The first-order valence-corrected chi connectivity index (χ1v) is 9.18. The van der Waals surface area contributed by atoms with Crippen LogP contribution in [0.4, 0.5) is 0 Å². The molecule has 0 aliphatic rings. The number of aryl methyl sites for hydroxylation is 2. The summed E-state index contributed by atoms with van der Waals surface area (Å²) in [5, 5.41) is 11.0. The first-order valence-electron chi connectivity index (χ1n) is 9.18. The summed E-state index contributed by atoms with van der Waals surface area (Å²) < 4.78 is 8.08. The molecule has 0 unspecified atom stereocenters. The van der Waals surface area contributed by atoms with Crippen molar-refractivity contribution in [2.75, 3.05) is 6.54 Å². The van der Waals surface area contributed by atoms with Crippen LogP contribution in [0.15, 0.2) is 33.7 Å². The molecule has 0 radical (unpaired) electrons. The normalized spacial score (nSPS) is 11.4. The number of pyridine rings is 1. The van der Waals surface area contributed by atoms with Gasteiger partial charge in [-0.05, 0) is 25.0 Å². The molecule has 0 aromatic carbocycles.